The predicted molar refractivity (Wildman–Crippen MR) is 98.0 cm³/mol. The van der Waals surface area contributed by atoms with Crippen LogP contribution in [-0.4, -0.2) is 26.7 Å². The Morgan fingerprint density at radius 2 is 1.72 bits per heavy atom. The Hall–Kier alpha value is -2.40. The van der Waals surface area contributed by atoms with Crippen LogP contribution < -0.4 is 19.5 Å². The summed E-state index contributed by atoms with van der Waals surface area (Å²) in [5, 5.41) is 3.35. The zero-order chi connectivity index (χ0) is 18.2. The lowest BCUT2D eigenvalue weighted by molar-refractivity contribution is 0.0951. The number of hydrogen-bond acceptors (Lipinski definition) is 4. The molecule has 1 amide bonds. The van der Waals surface area contributed by atoms with Gasteiger partial charge in [-0.15, -0.1) is 0 Å². The smallest absolute Gasteiger partial charge is 0.251 e. The van der Waals surface area contributed by atoms with E-state index in [2.05, 4.69) is 5.32 Å². The van der Waals surface area contributed by atoms with E-state index >= 15 is 0 Å². The van der Waals surface area contributed by atoms with Crippen LogP contribution in [-0.2, 0) is 6.54 Å². The molecule has 0 aliphatic rings. The maximum absolute atomic E-state index is 12.3. The molecular formula is C19H22ClNO4. The number of carbonyl (C=O) groups is 1. The van der Waals surface area contributed by atoms with E-state index in [1.54, 1.807) is 50.6 Å². The molecule has 0 heterocycles. The Morgan fingerprint density at radius 1 is 1.08 bits per heavy atom. The summed E-state index contributed by atoms with van der Waals surface area (Å²) in [6.07, 6.45) is 0.939. The highest BCUT2D eigenvalue weighted by Crippen LogP contribution is 2.33. The molecule has 6 heteroatoms. The number of benzene rings is 2. The first kappa shape index (κ1) is 18.9. The molecule has 0 aliphatic carbocycles. The molecule has 25 heavy (non-hydrogen) atoms. The van der Waals surface area contributed by atoms with Crippen molar-refractivity contribution in [2.75, 3.05) is 20.8 Å². The Labute approximate surface area is 152 Å². The minimum Gasteiger partial charge on any atom is -0.494 e. The predicted octanol–water partition coefficient (Wildman–Crippen LogP) is 4.08. The quantitative estimate of drug-likeness (QED) is 0.767. The summed E-state index contributed by atoms with van der Waals surface area (Å²) < 4.78 is 16.0. The maximum Gasteiger partial charge on any atom is 0.251 e. The summed E-state index contributed by atoms with van der Waals surface area (Å²) >= 11 is 6.23. The van der Waals surface area contributed by atoms with Crippen LogP contribution in [0.3, 0.4) is 0 Å². The van der Waals surface area contributed by atoms with Crippen LogP contribution in [0.4, 0.5) is 0 Å². The Morgan fingerprint density at radius 3 is 2.32 bits per heavy atom. The average molecular weight is 364 g/mol. The SMILES string of the molecule is CCCOc1ccc(C(=O)NCc2cc(OC)c(OC)cc2Cl)cc1. The lowest BCUT2D eigenvalue weighted by Crippen LogP contribution is -2.22. The second-order valence-corrected chi connectivity index (χ2v) is 5.76. The molecule has 0 spiro atoms. The summed E-state index contributed by atoms with van der Waals surface area (Å²) in [6, 6.07) is 10.5. The molecule has 0 unspecified atom stereocenters. The molecule has 2 aromatic carbocycles. The van der Waals surface area contributed by atoms with Crippen molar-refractivity contribution < 1.29 is 19.0 Å². The van der Waals surface area contributed by atoms with Gasteiger partial charge in [-0.25, -0.2) is 0 Å². The number of carbonyl (C=O) groups excluding carboxylic acids is 1. The van der Waals surface area contributed by atoms with Crippen LogP contribution in [0.2, 0.25) is 5.02 Å². The number of amides is 1. The third kappa shape index (κ3) is 5.03. The van der Waals surface area contributed by atoms with Gasteiger partial charge in [0.15, 0.2) is 11.5 Å². The van der Waals surface area contributed by atoms with Crippen molar-refractivity contribution in [3.05, 3.63) is 52.5 Å². The van der Waals surface area contributed by atoms with E-state index in [-0.39, 0.29) is 12.5 Å². The summed E-state index contributed by atoms with van der Waals surface area (Å²) in [5.41, 5.74) is 1.30. The number of hydrogen-bond donors (Lipinski definition) is 1. The van der Waals surface area contributed by atoms with E-state index in [4.69, 9.17) is 25.8 Å². The number of methoxy groups -OCH3 is 2. The van der Waals surface area contributed by atoms with Gasteiger partial charge in [-0.05, 0) is 42.3 Å². The molecule has 2 rings (SSSR count). The first-order chi connectivity index (χ1) is 12.1. The topological polar surface area (TPSA) is 56.8 Å². The third-order valence-corrected chi connectivity index (χ3v) is 3.93. The maximum atomic E-state index is 12.3. The molecule has 0 saturated carbocycles. The monoisotopic (exact) mass is 363 g/mol. The standard InChI is InChI=1S/C19H22ClNO4/c1-4-9-25-15-7-5-13(6-8-15)19(22)21-12-14-10-17(23-2)18(24-3)11-16(14)20/h5-8,10-11H,4,9,12H2,1-3H3,(H,21,22). The molecule has 0 atom stereocenters. The lowest BCUT2D eigenvalue weighted by atomic mass is 10.1. The van der Waals surface area contributed by atoms with Crippen molar-refractivity contribution in [3.63, 3.8) is 0 Å². The number of ether oxygens (including phenoxy) is 3. The van der Waals surface area contributed by atoms with Gasteiger partial charge < -0.3 is 19.5 Å². The van der Waals surface area contributed by atoms with Crippen molar-refractivity contribution in [3.8, 4) is 17.2 Å². The summed E-state index contributed by atoms with van der Waals surface area (Å²) in [7, 11) is 3.10. The van der Waals surface area contributed by atoms with Crippen molar-refractivity contribution in [1.29, 1.82) is 0 Å². The molecule has 0 bridgehead atoms. The van der Waals surface area contributed by atoms with Gasteiger partial charge in [-0.1, -0.05) is 18.5 Å². The summed E-state index contributed by atoms with van der Waals surface area (Å²) in [5.74, 6) is 1.67. The van der Waals surface area contributed by atoms with Gasteiger partial charge in [-0.2, -0.15) is 0 Å². The average Bonchev–Trinajstić information content (AvgIpc) is 2.65. The largest absolute Gasteiger partial charge is 0.494 e. The van der Waals surface area contributed by atoms with Crippen LogP contribution in [0, 0.1) is 0 Å². The van der Waals surface area contributed by atoms with Crippen LogP contribution in [0.15, 0.2) is 36.4 Å². The van der Waals surface area contributed by atoms with E-state index < -0.39 is 0 Å². The molecule has 5 nitrogen and oxygen atoms in total. The number of nitrogens with one attached hydrogen (secondary N) is 1. The first-order valence-corrected chi connectivity index (χ1v) is 8.38. The normalized spacial score (nSPS) is 10.2. The van der Waals surface area contributed by atoms with E-state index in [1.165, 1.54) is 0 Å². The fraction of sp³-hybridized carbons (Fsp3) is 0.316. The molecule has 0 saturated heterocycles. The lowest BCUT2D eigenvalue weighted by Gasteiger charge is -2.12. The van der Waals surface area contributed by atoms with E-state index in [0.717, 1.165) is 17.7 Å². The molecule has 0 radical (unpaired) electrons. The second-order valence-electron chi connectivity index (χ2n) is 5.35. The highest BCUT2D eigenvalue weighted by Gasteiger charge is 2.12. The van der Waals surface area contributed by atoms with E-state index in [9.17, 15) is 4.79 Å². The van der Waals surface area contributed by atoms with Gasteiger partial charge in [0.1, 0.15) is 5.75 Å². The highest BCUT2D eigenvalue weighted by atomic mass is 35.5. The second kappa shape index (κ2) is 9.18. The summed E-state index contributed by atoms with van der Waals surface area (Å²) in [6.45, 7) is 2.98. The van der Waals surface area contributed by atoms with E-state index in [0.29, 0.717) is 28.7 Å². The molecule has 1 N–H and O–H groups in total. The minimum absolute atomic E-state index is 0.187. The fourth-order valence-corrected chi connectivity index (χ4v) is 2.45. The number of rotatable bonds is 8. The minimum atomic E-state index is -0.187. The van der Waals surface area contributed by atoms with Crippen LogP contribution in [0.5, 0.6) is 17.2 Å². The van der Waals surface area contributed by atoms with Gasteiger partial charge in [0.05, 0.1) is 20.8 Å². The van der Waals surface area contributed by atoms with Crippen molar-refractivity contribution in [2.45, 2.75) is 19.9 Å². The van der Waals surface area contributed by atoms with Gasteiger partial charge in [0.2, 0.25) is 0 Å². The van der Waals surface area contributed by atoms with Crippen molar-refractivity contribution >= 4 is 17.5 Å². The molecule has 2 aromatic rings. The van der Waals surface area contributed by atoms with Gasteiger partial charge in [-0.3, -0.25) is 4.79 Å². The van der Waals surface area contributed by atoms with Crippen LogP contribution in [0.25, 0.3) is 0 Å². The van der Waals surface area contributed by atoms with Crippen LogP contribution >= 0.6 is 11.6 Å². The molecule has 0 fully saturated rings. The number of halogens is 1. The summed E-state index contributed by atoms with van der Waals surface area (Å²) in [4.78, 5) is 12.3. The molecule has 134 valence electrons. The molecule has 0 aromatic heterocycles. The fourth-order valence-electron chi connectivity index (χ4n) is 2.23. The van der Waals surface area contributed by atoms with E-state index in [1.807, 2.05) is 6.92 Å². The van der Waals surface area contributed by atoms with Crippen LogP contribution in [0.1, 0.15) is 29.3 Å². The third-order valence-electron chi connectivity index (χ3n) is 3.58. The Balaban J connectivity index is 2.02. The Kier molecular flexibility index (Phi) is 6.95. The zero-order valence-electron chi connectivity index (χ0n) is 14.6. The van der Waals surface area contributed by atoms with Gasteiger partial charge in [0, 0.05) is 23.2 Å². The zero-order valence-corrected chi connectivity index (χ0v) is 15.4. The van der Waals surface area contributed by atoms with Gasteiger partial charge >= 0.3 is 0 Å². The van der Waals surface area contributed by atoms with Gasteiger partial charge in [0.25, 0.3) is 5.91 Å². The Bertz CT molecular complexity index is 716. The highest BCUT2D eigenvalue weighted by molar-refractivity contribution is 6.31. The molecular weight excluding hydrogens is 342 g/mol. The van der Waals surface area contributed by atoms with Crippen molar-refractivity contribution in [2.24, 2.45) is 0 Å². The first-order valence-electron chi connectivity index (χ1n) is 8.00. The van der Waals surface area contributed by atoms with Crippen molar-refractivity contribution in [1.82, 2.24) is 5.32 Å². The molecule has 0 aliphatic heterocycles.